The Labute approximate surface area is 174 Å². The van der Waals surface area contributed by atoms with Crippen molar-refractivity contribution in [3.05, 3.63) is 53.8 Å². The van der Waals surface area contributed by atoms with Gasteiger partial charge in [-0.3, -0.25) is 9.69 Å². The maximum Gasteiger partial charge on any atom is 0.260 e. The Morgan fingerprint density at radius 3 is 2.62 bits per heavy atom. The molecule has 1 amide bonds. The van der Waals surface area contributed by atoms with Crippen LogP contribution in [0, 0.1) is 5.82 Å². The molecule has 7 heteroatoms. The first-order valence-electron chi connectivity index (χ1n) is 10.0. The first-order chi connectivity index (χ1) is 14.1. The van der Waals surface area contributed by atoms with Gasteiger partial charge in [0.1, 0.15) is 17.1 Å². The van der Waals surface area contributed by atoms with Crippen LogP contribution in [-0.2, 0) is 0 Å². The Hall–Kier alpha value is -2.51. The number of thiazole rings is 1. The Kier molecular flexibility index (Phi) is 7.17. The fourth-order valence-electron chi connectivity index (χ4n) is 3.23. The monoisotopic (exact) mass is 416 g/mol. The van der Waals surface area contributed by atoms with Crippen LogP contribution in [0.25, 0.3) is 10.2 Å². The molecule has 0 unspecified atom stereocenters. The maximum atomic E-state index is 13.7. The van der Waals surface area contributed by atoms with Gasteiger partial charge in [0.25, 0.3) is 5.91 Å². The summed E-state index contributed by atoms with van der Waals surface area (Å²) in [6, 6.07) is 11.6. The van der Waals surface area contributed by atoms with Crippen molar-refractivity contribution in [1.82, 2.24) is 4.98 Å². The summed E-state index contributed by atoms with van der Waals surface area (Å²) in [5.41, 5.74) is 1.07. The molecule has 0 aliphatic heterocycles. The normalized spacial score (nSPS) is 11.2. The van der Waals surface area contributed by atoms with E-state index >= 15 is 0 Å². The molecule has 1 aromatic heterocycles. The van der Waals surface area contributed by atoms with Crippen molar-refractivity contribution in [3.8, 4) is 5.75 Å². The number of aromatic nitrogens is 1. The molecule has 0 aliphatic carbocycles. The van der Waals surface area contributed by atoms with E-state index in [1.165, 1.54) is 28.4 Å². The molecule has 3 aromatic rings. The van der Waals surface area contributed by atoms with Gasteiger partial charge in [-0.25, -0.2) is 9.37 Å². The van der Waals surface area contributed by atoms with Crippen LogP contribution in [0.4, 0.5) is 9.52 Å². The lowest BCUT2D eigenvalue weighted by Crippen LogP contribution is -3.12. The number of benzene rings is 2. The molecule has 0 aliphatic rings. The highest BCUT2D eigenvalue weighted by Crippen LogP contribution is 2.34. The number of carbonyl (C=O) groups excluding carboxylic acids is 1. The number of hydrogen-bond acceptors (Lipinski definition) is 4. The molecular weight excluding hydrogens is 389 g/mol. The number of rotatable bonds is 9. The third-order valence-electron chi connectivity index (χ3n) is 4.91. The number of hydrogen-bond donors (Lipinski definition) is 1. The van der Waals surface area contributed by atoms with Crippen LogP contribution in [0.5, 0.6) is 5.75 Å². The van der Waals surface area contributed by atoms with E-state index in [0.717, 1.165) is 29.9 Å². The standard InChI is InChI=1S/C22H26FN3O2S/c1-4-25(5-2)13-14-26(21(27)16-9-7-10-17(23)15-16)22-24-20-18(28-6-3)11-8-12-19(20)29-22/h7-12,15H,4-6,13-14H2,1-3H3/p+1. The van der Waals surface area contributed by atoms with E-state index in [4.69, 9.17) is 9.72 Å². The molecule has 1 heterocycles. The minimum absolute atomic E-state index is 0.243. The highest BCUT2D eigenvalue weighted by atomic mass is 32.1. The van der Waals surface area contributed by atoms with Crippen molar-refractivity contribution in [2.45, 2.75) is 20.8 Å². The smallest absolute Gasteiger partial charge is 0.260 e. The van der Waals surface area contributed by atoms with Crippen LogP contribution in [0.3, 0.4) is 0 Å². The molecule has 0 spiro atoms. The number of carbonyl (C=O) groups is 1. The summed E-state index contributed by atoms with van der Waals surface area (Å²) in [5, 5.41) is 0.605. The SMILES string of the molecule is CCOc1cccc2sc(N(CC[NH+](CC)CC)C(=O)c3cccc(F)c3)nc12. The second kappa shape index (κ2) is 9.80. The van der Waals surface area contributed by atoms with E-state index in [9.17, 15) is 9.18 Å². The minimum atomic E-state index is -0.423. The van der Waals surface area contributed by atoms with Crippen molar-refractivity contribution in [2.24, 2.45) is 0 Å². The van der Waals surface area contributed by atoms with Crippen molar-refractivity contribution in [1.29, 1.82) is 0 Å². The largest absolute Gasteiger partial charge is 0.492 e. The molecule has 0 saturated heterocycles. The lowest BCUT2D eigenvalue weighted by molar-refractivity contribution is -0.894. The van der Waals surface area contributed by atoms with E-state index in [1.54, 1.807) is 17.0 Å². The van der Waals surface area contributed by atoms with Gasteiger partial charge in [-0.1, -0.05) is 23.5 Å². The fourth-order valence-corrected chi connectivity index (χ4v) is 4.24. The van der Waals surface area contributed by atoms with Gasteiger partial charge in [0.2, 0.25) is 0 Å². The van der Waals surface area contributed by atoms with Crippen LogP contribution in [0.1, 0.15) is 31.1 Å². The zero-order valence-corrected chi connectivity index (χ0v) is 17.9. The number of amides is 1. The van der Waals surface area contributed by atoms with Crippen LogP contribution in [0.15, 0.2) is 42.5 Å². The molecule has 0 radical (unpaired) electrons. The van der Waals surface area contributed by atoms with Gasteiger partial charge in [0, 0.05) is 5.56 Å². The van der Waals surface area contributed by atoms with Crippen LogP contribution < -0.4 is 14.5 Å². The Balaban J connectivity index is 1.99. The fraction of sp³-hybridized carbons (Fsp3) is 0.364. The highest BCUT2D eigenvalue weighted by Gasteiger charge is 2.24. The average Bonchev–Trinajstić information content (AvgIpc) is 3.16. The lowest BCUT2D eigenvalue weighted by Gasteiger charge is -2.23. The molecule has 0 fully saturated rings. The van der Waals surface area contributed by atoms with Gasteiger partial charge in [0.05, 0.1) is 37.5 Å². The second-order valence-corrected chi connectivity index (χ2v) is 7.72. The van der Waals surface area contributed by atoms with Crippen LogP contribution in [0.2, 0.25) is 0 Å². The lowest BCUT2D eigenvalue weighted by atomic mass is 10.2. The van der Waals surface area contributed by atoms with E-state index < -0.39 is 5.82 Å². The molecule has 2 aromatic carbocycles. The van der Waals surface area contributed by atoms with E-state index in [0.29, 0.717) is 29.6 Å². The number of quaternary nitrogens is 1. The van der Waals surface area contributed by atoms with E-state index in [-0.39, 0.29) is 5.91 Å². The minimum Gasteiger partial charge on any atom is -0.492 e. The summed E-state index contributed by atoms with van der Waals surface area (Å²) in [6.45, 7) is 9.99. The number of nitrogens with one attached hydrogen (secondary N) is 1. The Morgan fingerprint density at radius 2 is 1.93 bits per heavy atom. The highest BCUT2D eigenvalue weighted by molar-refractivity contribution is 7.22. The van der Waals surface area contributed by atoms with Crippen molar-refractivity contribution >= 4 is 32.6 Å². The number of para-hydroxylation sites is 1. The summed E-state index contributed by atoms with van der Waals surface area (Å²) >= 11 is 1.45. The third-order valence-corrected chi connectivity index (χ3v) is 5.95. The van der Waals surface area contributed by atoms with E-state index in [2.05, 4.69) is 13.8 Å². The zero-order valence-electron chi connectivity index (χ0n) is 17.1. The summed E-state index contributed by atoms with van der Waals surface area (Å²) in [7, 11) is 0. The molecule has 0 bridgehead atoms. The summed E-state index contributed by atoms with van der Waals surface area (Å²) < 4.78 is 20.4. The van der Waals surface area contributed by atoms with Crippen LogP contribution in [-0.4, -0.2) is 43.7 Å². The van der Waals surface area contributed by atoms with Crippen molar-refractivity contribution < 1.29 is 18.8 Å². The van der Waals surface area contributed by atoms with E-state index in [1.807, 2.05) is 25.1 Å². The van der Waals surface area contributed by atoms with Gasteiger partial charge >= 0.3 is 0 Å². The Bertz CT molecular complexity index is 972. The number of nitrogens with zero attached hydrogens (tertiary/aromatic N) is 2. The predicted octanol–water partition coefficient (Wildman–Crippen LogP) is 3.41. The maximum absolute atomic E-state index is 13.7. The Morgan fingerprint density at radius 1 is 1.17 bits per heavy atom. The topological polar surface area (TPSA) is 46.9 Å². The first kappa shape index (κ1) is 21.2. The molecule has 0 saturated carbocycles. The van der Waals surface area contributed by atoms with Crippen LogP contribution >= 0.6 is 11.3 Å². The molecule has 5 nitrogen and oxygen atoms in total. The van der Waals surface area contributed by atoms with Crippen molar-refractivity contribution in [2.75, 3.05) is 37.7 Å². The van der Waals surface area contributed by atoms with Gasteiger partial charge in [-0.2, -0.15) is 0 Å². The quantitative estimate of drug-likeness (QED) is 0.582. The molecule has 1 N–H and O–H groups in total. The molecular formula is C22H27FN3O2S+. The van der Waals surface area contributed by atoms with Gasteiger partial charge in [0.15, 0.2) is 5.13 Å². The summed E-state index contributed by atoms with van der Waals surface area (Å²) in [6.07, 6.45) is 0. The summed E-state index contributed by atoms with van der Waals surface area (Å²) in [4.78, 5) is 21.0. The third kappa shape index (κ3) is 4.92. The molecule has 154 valence electrons. The molecule has 3 rings (SSSR count). The number of anilines is 1. The second-order valence-electron chi connectivity index (χ2n) is 6.71. The molecule has 0 atom stereocenters. The number of likely N-dealkylation sites (N-methyl/N-ethyl adjacent to an activating group) is 1. The number of halogens is 1. The number of fused-ring (bicyclic) bond motifs is 1. The predicted molar refractivity (Wildman–Crippen MR) is 116 cm³/mol. The average molecular weight is 417 g/mol. The zero-order chi connectivity index (χ0) is 20.8. The number of ether oxygens (including phenoxy) is 1. The first-order valence-corrected chi connectivity index (χ1v) is 10.8. The van der Waals surface area contributed by atoms with Gasteiger partial charge < -0.3 is 9.64 Å². The van der Waals surface area contributed by atoms with Gasteiger partial charge in [-0.15, -0.1) is 0 Å². The summed E-state index contributed by atoms with van der Waals surface area (Å²) in [5.74, 6) is 0.0428. The van der Waals surface area contributed by atoms with Crippen molar-refractivity contribution in [3.63, 3.8) is 0 Å². The van der Waals surface area contributed by atoms with Gasteiger partial charge in [-0.05, 0) is 51.1 Å². The molecule has 29 heavy (non-hydrogen) atoms.